The molecule has 2 nitrogen and oxygen atoms in total. The van der Waals surface area contributed by atoms with E-state index in [0.717, 1.165) is 10.9 Å². The SMILES string of the molecule is CNC(Cc1cncc(Br)c1)c1ccc(C)s1. The van der Waals surface area contributed by atoms with Crippen molar-refractivity contribution in [1.29, 1.82) is 0 Å². The minimum absolute atomic E-state index is 0.366. The van der Waals surface area contributed by atoms with Crippen molar-refractivity contribution in [3.8, 4) is 0 Å². The van der Waals surface area contributed by atoms with Crippen LogP contribution in [0.15, 0.2) is 35.1 Å². The molecule has 2 rings (SSSR count). The maximum atomic E-state index is 4.20. The van der Waals surface area contributed by atoms with Crippen molar-refractivity contribution in [2.75, 3.05) is 7.05 Å². The third kappa shape index (κ3) is 3.37. The summed E-state index contributed by atoms with van der Waals surface area (Å²) in [5.41, 5.74) is 1.24. The maximum absolute atomic E-state index is 4.20. The van der Waals surface area contributed by atoms with Crippen LogP contribution in [0.3, 0.4) is 0 Å². The Morgan fingerprint density at radius 2 is 2.24 bits per heavy atom. The predicted octanol–water partition coefficient (Wildman–Crippen LogP) is 3.72. The Morgan fingerprint density at radius 1 is 1.41 bits per heavy atom. The number of halogens is 1. The zero-order chi connectivity index (χ0) is 12.3. The molecule has 0 aliphatic carbocycles. The molecular formula is C13H15BrN2S. The lowest BCUT2D eigenvalue weighted by Gasteiger charge is -2.14. The molecule has 0 radical (unpaired) electrons. The third-order valence-corrected chi connectivity index (χ3v) is 4.20. The molecule has 0 saturated carbocycles. The summed E-state index contributed by atoms with van der Waals surface area (Å²) >= 11 is 5.30. The molecule has 0 aromatic carbocycles. The molecule has 2 aromatic heterocycles. The predicted molar refractivity (Wildman–Crippen MR) is 76.5 cm³/mol. The largest absolute Gasteiger partial charge is 0.312 e. The second kappa shape index (κ2) is 5.76. The van der Waals surface area contributed by atoms with Gasteiger partial charge in [0.2, 0.25) is 0 Å². The average Bonchev–Trinajstić information content (AvgIpc) is 2.73. The summed E-state index contributed by atoms with van der Waals surface area (Å²) in [5, 5.41) is 3.37. The number of hydrogen-bond acceptors (Lipinski definition) is 3. The van der Waals surface area contributed by atoms with Gasteiger partial charge in [0.05, 0.1) is 0 Å². The van der Waals surface area contributed by atoms with Crippen LogP contribution in [0.25, 0.3) is 0 Å². The van der Waals surface area contributed by atoms with Gasteiger partial charge in [0.25, 0.3) is 0 Å². The van der Waals surface area contributed by atoms with Gasteiger partial charge in [0.1, 0.15) is 0 Å². The molecule has 2 aromatic rings. The second-order valence-electron chi connectivity index (χ2n) is 4.01. The van der Waals surface area contributed by atoms with Crippen LogP contribution in [-0.4, -0.2) is 12.0 Å². The summed E-state index contributed by atoms with van der Waals surface area (Å²) < 4.78 is 1.03. The Labute approximate surface area is 114 Å². The molecule has 0 amide bonds. The van der Waals surface area contributed by atoms with E-state index in [1.165, 1.54) is 15.3 Å². The lowest BCUT2D eigenvalue weighted by Crippen LogP contribution is -2.17. The van der Waals surface area contributed by atoms with Crippen LogP contribution in [0.2, 0.25) is 0 Å². The normalized spacial score (nSPS) is 12.6. The molecule has 90 valence electrons. The smallest absolute Gasteiger partial charge is 0.0453 e. The van der Waals surface area contributed by atoms with Gasteiger partial charge in [-0.2, -0.15) is 0 Å². The Bertz CT molecular complexity index is 496. The average molecular weight is 311 g/mol. The van der Waals surface area contributed by atoms with E-state index < -0.39 is 0 Å². The van der Waals surface area contributed by atoms with Crippen LogP contribution < -0.4 is 5.32 Å². The summed E-state index contributed by atoms with van der Waals surface area (Å²) in [6, 6.07) is 6.86. The van der Waals surface area contributed by atoms with Crippen molar-refractivity contribution in [1.82, 2.24) is 10.3 Å². The Kier molecular flexibility index (Phi) is 4.31. The molecule has 2 heterocycles. The van der Waals surface area contributed by atoms with Gasteiger partial charge in [-0.05, 0) is 60.1 Å². The lowest BCUT2D eigenvalue weighted by atomic mass is 10.1. The monoisotopic (exact) mass is 310 g/mol. The zero-order valence-electron chi connectivity index (χ0n) is 9.90. The van der Waals surface area contributed by atoms with E-state index in [4.69, 9.17) is 0 Å². The van der Waals surface area contributed by atoms with Gasteiger partial charge < -0.3 is 5.32 Å². The van der Waals surface area contributed by atoms with E-state index in [9.17, 15) is 0 Å². The quantitative estimate of drug-likeness (QED) is 0.931. The summed E-state index contributed by atoms with van der Waals surface area (Å²) in [5.74, 6) is 0. The molecule has 0 spiro atoms. The molecule has 0 saturated heterocycles. The first-order chi connectivity index (χ1) is 8.19. The van der Waals surface area contributed by atoms with E-state index in [1.54, 1.807) is 0 Å². The highest BCUT2D eigenvalue weighted by Crippen LogP contribution is 2.25. The number of aryl methyl sites for hydroxylation is 1. The standard InChI is InChI=1S/C13H15BrN2S/c1-9-3-4-13(17-9)12(15-2)6-10-5-11(14)8-16-7-10/h3-5,7-8,12,15H,6H2,1-2H3. The highest BCUT2D eigenvalue weighted by Gasteiger charge is 2.12. The van der Waals surface area contributed by atoms with E-state index in [1.807, 2.05) is 30.8 Å². The summed E-state index contributed by atoms with van der Waals surface area (Å²) in [6.07, 6.45) is 4.70. The molecule has 17 heavy (non-hydrogen) atoms. The molecular weight excluding hydrogens is 296 g/mol. The maximum Gasteiger partial charge on any atom is 0.0453 e. The van der Waals surface area contributed by atoms with Crippen molar-refractivity contribution in [3.05, 3.63) is 50.4 Å². The number of aromatic nitrogens is 1. The van der Waals surface area contributed by atoms with Crippen LogP contribution in [0.5, 0.6) is 0 Å². The molecule has 0 aliphatic heterocycles. The number of nitrogens with one attached hydrogen (secondary N) is 1. The molecule has 1 N–H and O–H groups in total. The molecule has 4 heteroatoms. The fourth-order valence-electron chi connectivity index (χ4n) is 1.79. The van der Waals surface area contributed by atoms with Crippen LogP contribution in [-0.2, 0) is 6.42 Å². The van der Waals surface area contributed by atoms with E-state index in [0.29, 0.717) is 6.04 Å². The number of pyridine rings is 1. The molecule has 1 unspecified atom stereocenters. The number of thiophene rings is 1. The topological polar surface area (TPSA) is 24.9 Å². The van der Waals surface area contributed by atoms with Gasteiger partial charge in [0, 0.05) is 32.7 Å². The number of nitrogens with zero attached hydrogens (tertiary/aromatic N) is 1. The second-order valence-corrected chi connectivity index (χ2v) is 6.24. The Hall–Kier alpha value is -0.710. The minimum atomic E-state index is 0.366. The summed E-state index contributed by atoms with van der Waals surface area (Å²) in [7, 11) is 2.01. The van der Waals surface area contributed by atoms with Gasteiger partial charge in [0.15, 0.2) is 0 Å². The molecule has 1 atom stereocenters. The van der Waals surface area contributed by atoms with Crippen molar-refractivity contribution in [2.45, 2.75) is 19.4 Å². The Balaban J connectivity index is 2.15. The van der Waals surface area contributed by atoms with Gasteiger partial charge >= 0.3 is 0 Å². The first-order valence-electron chi connectivity index (χ1n) is 5.52. The third-order valence-electron chi connectivity index (χ3n) is 2.65. The van der Waals surface area contributed by atoms with Crippen molar-refractivity contribution in [3.63, 3.8) is 0 Å². The Morgan fingerprint density at radius 3 is 2.82 bits per heavy atom. The summed E-state index contributed by atoms with van der Waals surface area (Å²) in [4.78, 5) is 6.93. The van der Waals surface area contributed by atoms with E-state index >= 15 is 0 Å². The highest BCUT2D eigenvalue weighted by atomic mass is 79.9. The molecule has 0 fully saturated rings. The highest BCUT2D eigenvalue weighted by molar-refractivity contribution is 9.10. The zero-order valence-corrected chi connectivity index (χ0v) is 12.3. The lowest BCUT2D eigenvalue weighted by molar-refractivity contribution is 0.601. The van der Waals surface area contributed by atoms with Gasteiger partial charge in [-0.3, -0.25) is 4.98 Å². The van der Waals surface area contributed by atoms with Crippen LogP contribution >= 0.6 is 27.3 Å². The minimum Gasteiger partial charge on any atom is -0.312 e. The van der Waals surface area contributed by atoms with Crippen molar-refractivity contribution in [2.24, 2.45) is 0 Å². The van der Waals surface area contributed by atoms with E-state index in [2.05, 4.69) is 51.4 Å². The first-order valence-corrected chi connectivity index (χ1v) is 7.13. The summed E-state index contributed by atoms with van der Waals surface area (Å²) in [6.45, 7) is 2.14. The van der Waals surface area contributed by atoms with Gasteiger partial charge in [-0.25, -0.2) is 0 Å². The van der Waals surface area contributed by atoms with E-state index in [-0.39, 0.29) is 0 Å². The van der Waals surface area contributed by atoms with Gasteiger partial charge in [-0.15, -0.1) is 11.3 Å². The van der Waals surface area contributed by atoms with Crippen molar-refractivity contribution < 1.29 is 0 Å². The number of hydrogen-bond donors (Lipinski definition) is 1. The molecule has 0 aliphatic rings. The fraction of sp³-hybridized carbons (Fsp3) is 0.308. The van der Waals surface area contributed by atoms with Crippen molar-refractivity contribution >= 4 is 27.3 Å². The van der Waals surface area contributed by atoms with Crippen LogP contribution in [0, 0.1) is 6.92 Å². The first kappa shape index (κ1) is 12.7. The molecule has 0 bridgehead atoms. The van der Waals surface area contributed by atoms with Gasteiger partial charge in [-0.1, -0.05) is 0 Å². The van der Waals surface area contributed by atoms with Crippen LogP contribution in [0.1, 0.15) is 21.4 Å². The fourth-order valence-corrected chi connectivity index (χ4v) is 3.19. The van der Waals surface area contributed by atoms with Crippen LogP contribution in [0.4, 0.5) is 0 Å². The number of rotatable bonds is 4. The number of likely N-dealkylation sites (N-methyl/N-ethyl adjacent to an activating group) is 1.